The number of rotatable bonds is 11. The average Bonchev–Trinajstić information content (AvgIpc) is 3.17. The molecule has 0 aliphatic carbocycles. The van der Waals surface area contributed by atoms with Crippen LogP contribution in [0.2, 0.25) is 0 Å². The first kappa shape index (κ1) is 25.1. The lowest BCUT2D eigenvalue weighted by Gasteiger charge is -2.16. The number of carboxylic acid groups (broad SMARTS) is 2. The average molecular weight is 460 g/mol. The monoisotopic (exact) mass is 460 g/mol. The Kier molecular flexibility index (Phi) is 9.18. The largest absolute Gasteiger partial charge is 0.480 e. The van der Waals surface area contributed by atoms with Gasteiger partial charge in [-0.3, -0.25) is 10.0 Å². The third kappa shape index (κ3) is 7.51. The summed E-state index contributed by atoms with van der Waals surface area (Å²) >= 11 is 0. The summed E-state index contributed by atoms with van der Waals surface area (Å²) in [5.41, 5.74) is 15.2. The Morgan fingerprint density at radius 3 is 2.61 bits per heavy atom. The Bertz CT molecular complexity index is 1050. The third-order valence-electron chi connectivity index (χ3n) is 4.73. The molecule has 0 saturated carbocycles. The van der Waals surface area contributed by atoms with Crippen molar-refractivity contribution < 1.29 is 19.8 Å². The molecule has 14 heteroatoms. The van der Waals surface area contributed by atoms with Crippen LogP contribution >= 0.6 is 0 Å². The smallest absolute Gasteiger partial charge is 0.405 e. The van der Waals surface area contributed by atoms with Crippen LogP contribution in [0.4, 0.5) is 10.6 Å². The second-order valence-electron chi connectivity index (χ2n) is 7.04. The minimum atomic E-state index is -1.41. The molecule has 1 amide bonds. The highest BCUT2D eigenvalue weighted by Crippen LogP contribution is 2.19. The molecule has 0 aliphatic rings. The number of nitrogens with two attached hydrogens (primary N) is 2. The molecule has 0 aliphatic heterocycles. The fourth-order valence-electron chi connectivity index (χ4n) is 3.05. The van der Waals surface area contributed by atoms with Crippen molar-refractivity contribution in [3.05, 3.63) is 12.7 Å². The molecule has 14 nitrogen and oxygen atoms in total. The first-order valence-electron chi connectivity index (χ1n) is 10.1. The van der Waals surface area contributed by atoms with E-state index in [0.717, 1.165) is 0 Å². The second kappa shape index (κ2) is 12.1. The lowest BCUT2D eigenvalue weighted by atomic mass is 10.0. The summed E-state index contributed by atoms with van der Waals surface area (Å²) < 4.78 is 1.81. The van der Waals surface area contributed by atoms with Crippen LogP contribution in [0, 0.1) is 11.8 Å². The van der Waals surface area contributed by atoms with Crippen LogP contribution < -0.4 is 27.2 Å². The molecule has 2 atom stereocenters. The summed E-state index contributed by atoms with van der Waals surface area (Å²) in [6, 6.07) is -1.63. The van der Waals surface area contributed by atoms with Crippen LogP contribution in [0.15, 0.2) is 17.6 Å². The van der Waals surface area contributed by atoms with Crippen molar-refractivity contribution in [1.82, 2.24) is 30.3 Å². The van der Waals surface area contributed by atoms with Crippen LogP contribution in [0.5, 0.6) is 0 Å². The van der Waals surface area contributed by atoms with Gasteiger partial charge in [0.25, 0.3) is 0 Å². The first-order valence-corrected chi connectivity index (χ1v) is 10.1. The Balaban J connectivity index is 1.97. The number of fused-ring (bicyclic) bond motifs is 1. The molecule has 0 spiro atoms. The van der Waals surface area contributed by atoms with Gasteiger partial charge in [-0.15, -0.1) is 5.92 Å². The van der Waals surface area contributed by atoms with Gasteiger partial charge in [-0.05, 0) is 19.3 Å². The van der Waals surface area contributed by atoms with Crippen LogP contribution in [-0.4, -0.2) is 73.9 Å². The minimum absolute atomic E-state index is 0.0423. The zero-order chi connectivity index (χ0) is 24.4. The molecule has 2 aromatic rings. The Morgan fingerprint density at radius 2 is 1.97 bits per heavy atom. The van der Waals surface area contributed by atoms with E-state index in [1.54, 1.807) is 23.0 Å². The van der Waals surface area contributed by atoms with E-state index in [1.807, 2.05) is 12.4 Å². The number of anilines is 1. The number of nitrogens with zero attached hydrogens (tertiary/aromatic N) is 6. The fraction of sp³-hybridized carbons (Fsp3) is 0.474. The van der Waals surface area contributed by atoms with Crippen LogP contribution in [0.25, 0.3) is 11.2 Å². The van der Waals surface area contributed by atoms with Crippen molar-refractivity contribution in [1.29, 1.82) is 0 Å². The summed E-state index contributed by atoms with van der Waals surface area (Å²) in [5.74, 6) is 5.35. The highest BCUT2D eigenvalue weighted by atomic mass is 16.4. The maximum Gasteiger partial charge on any atom is 0.405 e. The fourth-order valence-corrected chi connectivity index (χ4v) is 3.05. The topological polar surface area (TPSA) is 210 Å². The molecule has 2 aromatic heterocycles. The third-order valence-corrected chi connectivity index (χ3v) is 4.73. The number of aliphatic imine (C=N–C) groups is 1. The lowest BCUT2D eigenvalue weighted by Crippen LogP contribution is -2.40. The van der Waals surface area contributed by atoms with E-state index in [9.17, 15) is 9.59 Å². The summed E-state index contributed by atoms with van der Waals surface area (Å²) in [6.45, 7) is 0.368. The highest BCUT2D eigenvalue weighted by Gasteiger charge is 2.21. The molecule has 0 saturated heterocycles. The highest BCUT2D eigenvalue weighted by molar-refractivity contribution is 5.83. The van der Waals surface area contributed by atoms with Crippen molar-refractivity contribution in [2.24, 2.45) is 16.5 Å². The van der Waals surface area contributed by atoms with Crippen molar-refractivity contribution >= 4 is 35.0 Å². The molecule has 1 unspecified atom stereocenters. The van der Waals surface area contributed by atoms with E-state index in [2.05, 4.69) is 37.2 Å². The van der Waals surface area contributed by atoms with Crippen LogP contribution in [0.3, 0.4) is 0 Å². The molecule has 0 fully saturated rings. The van der Waals surface area contributed by atoms with E-state index in [1.165, 1.54) is 6.33 Å². The van der Waals surface area contributed by atoms with Crippen molar-refractivity contribution in [3.63, 3.8) is 0 Å². The van der Waals surface area contributed by atoms with E-state index in [4.69, 9.17) is 21.7 Å². The van der Waals surface area contributed by atoms with Crippen LogP contribution in [0.1, 0.15) is 25.7 Å². The summed E-state index contributed by atoms with van der Waals surface area (Å²) in [4.78, 5) is 38.9. The van der Waals surface area contributed by atoms with Crippen molar-refractivity contribution in [2.75, 3.05) is 19.1 Å². The second-order valence-corrected chi connectivity index (χ2v) is 7.04. The number of hydrogen-bond acceptors (Lipinski definition) is 8. The molecule has 0 bridgehead atoms. The summed E-state index contributed by atoms with van der Waals surface area (Å²) in [7, 11) is 3.60. The predicted molar refractivity (Wildman–Crippen MR) is 121 cm³/mol. The quantitative estimate of drug-likeness (QED) is 0.107. The summed E-state index contributed by atoms with van der Waals surface area (Å²) in [5, 5.41) is 21.6. The number of carbonyl (C=O) groups is 2. The minimum Gasteiger partial charge on any atom is -0.480 e. The van der Waals surface area contributed by atoms with Gasteiger partial charge in [0, 0.05) is 20.5 Å². The molecular formula is C19H28N10O4. The maximum absolute atomic E-state index is 11.2. The molecule has 0 radical (unpaired) electrons. The van der Waals surface area contributed by atoms with Gasteiger partial charge >= 0.3 is 12.1 Å². The molecule has 2 heterocycles. The Hall–Kier alpha value is -4.12. The Morgan fingerprint density at radius 1 is 1.21 bits per heavy atom. The molecule has 0 aromatic carbocycles. The van der Waals surface area contributed by atoms with Gasteiger partial charge in [-0.25, -0.2) is 30.0 Å². The van der Waals surface area contributed by atoms with Gasteiger partial charge in [0.15, 0.2) is 22.9 Å². The van der Waals surface area contributed by atoms with Crippen molar-refractivity contribution in [3.8, 4) is 11.8 Å². The molecule has 178 valence electrons. The van der Waals surface area contributed by atoms with E-state index < -0.39 is 18.1 Å². The molecular weight excluding hydrogens is 432 g/mol. The van der Waals surface area contributed by atoms with Gasteiger partial charge in [0.05, 0.1) is 18.9 Å². The standard InChI is InChI=1S/C19H28N10O4/c1-22-28(2)15-14-16(24-10-23-15)29(11-25-14)9-5-3-4-6-12(26-18(20)21)7-8-13(17(30)31)27-19(32)33/h10-13,22,27H,4,6-9H2,1-2H3,(H,30,31)(H,32,33)(H4,20,21,26)/t12?,13-/m0/s1. The van der Waals surface area contributed by atoms with E-state index >= 15 is 0 Å². The lowest BCUT2D eigenvalue weighted by molar-refractivity contribution is -0.139. The molecule has 2 rings (SSSR count). The predicted octanol–water partition coefficient (Wildman–Crippen LogP) is -0.676. The van der Waals surface area contributed by atoms with E-state index in [0.29, 0.717) is 36.4 Å². The molecule has 8 N–H and O–H groups in total. The van der Waals surface area contributed by atoms with Gasteiger partial charge in [-0.1, -0.05) is 5.92 Å². The van der Waals surface area contributed by atoms with Gasteiger partial charge in [-0.2, -0.15) is 0 Å². The van der Waals surface area contributed by atoms with Crippen LogP contribution in [-0.2, 0) is 11.3 Å². The number of guanidine groups is 1. The number of amides is 1. The van der Waals surface area contributed by atoms with E-state index in [-0.39, 0.29) is 24.8 Å². The number of nitrogens with one attached hydrogen (secondary N) is 2. The van der Waals surface area contributed by atoms with Gasteiger partial charge < -0.3 is 31.6 Å². The first-order chi connectivity index (χ1) is 15.7. The SMILES string of the molecule is CNN(C)c1ncnc2c1ncn2CC#CCCC(CC[C@H](NC(=O)O)C(=O)O)N=C(N)N. The number of aromatic nitrogens is 4. The number of imidazole rings is 1. The van der Waals surface area contributed by atoms with Gasteiger partial charge in [0.2, 0.25) is 0 Å². The number of carboxylic acids is 1. The normalized spacial score (nSPS) is 12.3. The van der Waals surface area contributed by atoms with Gasteiger partial charge in [0.1, 0.15) is 12.4 Å². The zero-order valence-electron chi connectivity index (χ0n) is 18.4. The zero-order valence-corrected chi connectivity index (χ0v) is 18.4. The summed E-state index contributed by atoms with van der Waals surface area (Å²) in [6.07, 6.45) is 2.96. The number of aliphatic carboxylic acids is 1. The maximum atomic E-state index is 11.2. The molecule has 33 heavy (non-hydrogen) atoms. The number of hydrazine groups is 1. The number of hydrogen-bond donors (Lipinski definition) is 6. The van der Waals surface area contributed by atoms with Crippen molar-refractivity contribution in [2.45, 2.75) is 44.3 Å². The Labute approximate surface area is 190 Å².